The first-order chi connectivity index (χ1) is 12.2. The molecule has 0 radical (unpaired) electrons. The quantitative estimate of drug-likeness (QED) is 0.887. The average Bonchev–Trinajstić information content (AvgIpc) is 2.60. The third-order valence-electron chi connectivity index (χ3n) is 4.06. The van der Waals surface area contributed by atoms with Crippen molar-refractivity contribution >= 4 is 17.7 Å². The maximum atomic E-state index is 12.6. The van der Waals surface area contributed by atoms with Crippen molar-refractivity contribution in [3.8, 4) is 11.5 Å². The van der Waals surface area contributed by atoms with Crippen LogP contribution in [0.1, 0.15) is 33.6 Å². The molecule has 1 aliphatic heterocycles. The number of piperidine rings is 1. The van der Waals surface area contributed by atoms with Gasteiger partial charge in [-0.2, -0.15) is 0 Å². The van der Waals surface area contributed by atoms with Crippen molar-refractivity contribution in [3.05, 3.63) is 18.2 Å². The minimum absolute atomic E-state index is 0.131. The van der Waals surface area contributed by atoms with E-state index in [4.69, 9.17) is 14.2 Å². The summed E-state index contributed by atoms with van der Waals surface area (Å²) in [5.41, 5.74) is 0.0456. The molecule has 0 unspecified atom stereocenters. The Morgan fingerprint density at radius 2 is 1.73 bits per heavy atom. The van der Waals surface area contributed by atoms with E-state index in [9.17, 15) is 9.59 Å². The van der Waals surface area contributed by atoms with Crippen LogP contribution >= 0.6 is 0 Å². The van der Waals surface area contributed by atoms with Crippen LogP contribution in [0, 0.1) is 5.92 Å². The number of hydrogen-bond donors (Lipinski definition) is 1. The maximum Gasteiger partial charge on any atom is 0.410 e. The molecule has 1 saturated heterocycles. The lowest BCUT2D eigenvalue weighted by molar-refractivity contribution is -0.121. The molecule has 2 amide bonds. The van der Waals surface area contributed by atoms with Crippen LogP contribution in [0.3, 0.4) is 0 Å². The van der Waals surface area contributed by atoms with Gasteiger partial charge in [-0.15, -0.1) is 0 Å². The van der Waals surface area contributed by atoms with Crippen molar-refractivity contribution in [1.82, 2.24) is 4.90 Å². The molecule has 1 aromatic rings. The maximum absolute atomic E-state index is 12.6. The molecule has 0 bridgehead atoms. The van der Waals surface area contributed by atoms with Crippen LogP contribution in [0.4, 0.5) is 10.5 Å². The number of benzene rings is 1. The Bertz CT molecular complexity index is 632. The van der Waals surface area contributed by atoms with E-state index >= 15 is 0 Å². The van der Waals surface area contributed by atoms with Gasteiger partial charge in [0.05, 0.1) is 20.1 Å². The summed E-state index contributed by atoms with van der Waals surface area (Å²) in [6.07, 6.45) is 1.11. The Labute approximate surface area is 154 Å². The lowest BCUT2D eigenvalue weighted by Gasteiger charge is -2.33. The molecular formula is C19H28N2O5. The molecule has 1 aromatic carbocycles. The number of methoxy groups -OCH3 is 2. The van der Waals surface area contributed by atoms with Crippen molar-refractivity contribution < 1.29 is 23.8 Å². The van der Waals surface area contributed by atoms with Crippen molar-refractivity contribution in [2.24, 2.45) is 5.92 Å². The van der Waals surface area contributed by atoms with E-state index < -0.39 is 5.60 Å². The predicted octanol–water partition coefficient (Wildman–Crippen LogP) is 3.29. The van der Waals surface area contributed by atoms with Gasteiger partial charge in [-0.25, -0.2) is 4.79 Å². The normalized spacial score (nSPS) is 17.4. The number of rotatable bonds is 4. The zero-order valence-corrected chi connectivity index (χ0v) is 16.1. The van der Waals surface area contributed by atoms with Crippen molar-refractivity contribution in [3.63, 3.8) is 0 Å². The monoisotopic (exact) mass is 364 g/mol. The summed E-state index contributed by atoms with van der Waals surface area (Å²) in [5.74, 6) is 0.777. The molecule has 0 saturated carbocycles. The van der Waals surface area contributed by atoms with Crippen LogP contribution < -0.4 is 14.8 Å². The number of anilines is 1. The Kier molecular flexibility index (Phi) is 6.34. The highest BCUT2D eigenvalue weighted by Gasteiger charge is 2.31. The Balaban J connectivity index is 2.02. The van der Waals surface area contributed by atoms with Crippen LogP contribution in [0.2, 0.25) is 0 Å². The molecule has 1 aliphatic rings. The summed E-state index contributed by atoms with van der Waals surface area (Å²) >= 11 is 0. The predicted molar refractivity (Wildman–Crippen MR) is 98.7 cm³/mol. The minimum Gasteiger partial charge on any atom is -0.497 e. The number of nitrogens with zero attached hydrogens (tertiary/aromatic N) is 1. The number of hydrogen-bond acceptors (Lipinski definition) is 5. The average molecular weight is 364 g/mol. The topological polar surface area (TPSA) is 77.1 Å². The lowest BCUT2D eigenvalue weighted by atomic mass is 9.97. The summed E-state index contributed by atoms with van der Waals surface area (Å²) in [4.78, 5) is 26.5. The summed E-state index contributed by atoms with van der Waals surface area (Å²) in [6, 6.07) is 5.20. The Morgan fingerprint density at radius 3 is 2.27 bits per heavy atom. The van der Waals surface area contributed by atoms with Crippen molar-refractivity contribution in [1.29, 1.82) is 0 Å². The van der Waals surface area contributed by atoms with Crippen molar-refractivity contribution in [2.45, 2.75) is 39.2 Å². The summed E-state index contributed by atoms with van der Waals surface area (Å²) in [6.45, 7) is 6.44. The van der Waals surface area contributed by atoms with E-state index in [0.29, 0.717) is 30.3 Å². The molecule has 1 N–H and O–H groups in total. The van der Waals surface area contributed by atoms with Gasteiger partial charge in [0.2, 0.25) is 5.91 Å². The number of amides is 2. The molecular weight excluding hydrogens is 336 g/mol. The number of ether oxygens (including phenoxy) is 3. The van der Waals surface area contributed by atoms with Gasteiger partial charge in [0.1, 0.15) is 17.1 Å². The molecule has 1 atom stereocenters. The van der Waals surface area contributed by atoms with E-state index in [1.807, 2.05) is 20.8 Å². The zero-order chi connectivity index (χ0) is 19.3. The van der Waals surface area contributed by atoms with Gasteiger partial charge in [0.25, 0.3) is 0 Å². The largest absolute Gasteiger partial charge is 0.497 e. The van der Waals surface area contributed by atoms with Gasteiger partial charge in [0.15, 0.2) is 0 Å². The highest BCUT2D eigenvalue weighted by Crippen LogP contribution is 2.27. The molecule has 0 aromatic heterocycles. The van der Waals surface area contributed by atoms with Gasteiger partial charge in [-0.3, -0.25) is 4.79 Å². The second-order valence-corrected chi connectivity index (χ2v) is 7.36. The fourth-order valence-corrected chi connectivity index (χ4v) is 2.81. The Morgan fingerprint density at radius 1 is 1.12 bits per heavy atom. The zero-order valence-electron chi connectivity index (χ0n) is 16.1. The number of carbonyl (C=O) groups is 2. The number of likely N-dealkylation sites (tertiary alicyclic amines) is 1. The SMILES string of the molecule is COc1cc(NC(=O)[C@@H]2CCCN(C(=O)OC(C)(C)C)C2)cc(OC)c1. The van der Waals surface area contributed by atoms with Crippen molar-refractivity contribution in [2.75, 3.05) is 32.6 Å². The van der Waals surface area contributed by atoms with Gasteiger partial charge >= 0.3 is 6.09 Å². The fraction of sp³-hybridized carbons (Fsp3) is 0.579. The molecule has 0 aliphatic carbocycles. The van der Waals surface area contributed by atoms with Gasteiger partial charge in [-0.1, -0.05) is 0 Å². The second kappa shape index (κ2) is 8.29. The van der Waals surface area contributed by atoms with E-state index in [1.54, 1.807) is 37.3 Å². The molecule has 7 heteroatoms. The van der Waals surface area contributed by atoms with E-state index in [2.05, 4.69) is 5.32 Å². The molecule has 1 heterocycles. The molecule has 2 rings (SSSR count). The molecule has 0 spiro atoms. The molecule has 7 nitrogen and oxygen atoms in total. The highest BCUT2D eigenvalue weighted by atomic mass is 16.6. The third kappa shape index (κ3) is 5.54. The van der Waals surface area contributed by atoms with Crippen LogP contribution in [0.15, 0.2) is 18.2 Å². The number of nitrogens with one attached hydrogen (secondary N) is 1. The summed E-state index contributed by atoms with van der Waals surface area (Å²) in [5, 5.41) is 2.89. The molecule has 26 heavy (non-hydrogen) atoms. The molecule has 1 fully saturated rings. The second-order valence-electron chi connectivity index (χ2n) is 7.36. The number of carbonyl (C=O) groups excluding carboxylic acids is 2. The van der Waals surface area contributed by atoms with E-state index in [1.165, 1.54) is 0 Å². The first kappa shape index (κ1) is 19.9. The van der Waals surface area contributed by atoms with Crippen LogP contribution in [0.5, 0.6) is 11.5 Å². The molecule has 144 valence electrons. The third-order valence-corrected chi connectivity index (χ3v) is 4.06. The van der Waals surface area contributed by atoms with Crippen LogP contribution in [-0.2, 0) is 9.53 Å². The van der Waals surface area contributed by atoms with Gasteiger partial charge < -0.3 is 24.4 Å². The smallest absolute Gasteiger partial charge is 0.410 e. The highest BCUT2D eigenvalue weighted by molar-refractivity contribution is 5.93. The first-order valence-corrected chi connectivity index (χ1v) is 8.73. The van der Waals surface area contributed by atoms with Gasteiger partial charge in [-0.05, 0) is 33.6 Å². The van der Waals surface area contributed by atoms with Crippen LogP contribution in [0.25, 0.3) is 0 Å². The lowest BCUT2D eigenvalue weighted by Crippen LogP contribution is -2.45. The summed E-state index contributed by atoms with van der Waals surface area (Å²) in [7, 11) is 3.11. The van der Waals surface area contributed by atoms with Crippen LogP contribution in [-0.4, -0.2) is 49.8 Å². The van der Waals surface area contributed by atoms with Gasteiger partial charge in [0, 0.05) is 37.0 Å². The standard InChI is InChI=1S/C19H28N2O5/c1-19(2,3)26-18(23)21-8-6-7-13(12-21)17(22)20-14-9-15(24-4)11-16(10-14)25-5/h9-11,13H,6-8,12H2,1-5H3,(H,20,22)/t13-/m1/s1. The first-order valence-electron chi connectivity index (χ1n) is 8.73. The fourth-order valence-electron chi connectivity index (χ4n) is 2.81. The summed E-state index contributed by atoms with van der Waals surface area (Å²) < 4.78 is 15.8. The van der Waals surface area contributed by atoms with E-state index in [0.717, 1.165) is 12.8 Å². The Hall–Kier alpha value is -2.44. The minimum atomic E-state index is -0.552. The van der Waals surface area contributed by atoms with E-state index in [-0.39, 0.29) is 17.9 Å².